The average molecular weight is 284 g/mol. The first-order valence-corrected chi connectivity index (χ1v) is 6.11. The van der Waals surface area contributed by atoms with Gasteiger partial charge in [-0.05, 0) is 31.6 Å². The predicted molar refractivity (Wildman–Crippen MR) is 70.6 cm³/mol. The van der Waals surface area contributed by atoms with Crippen LogP contribution < -0.4 is 0 Å². The molecule has 0 saturated heterocycles. The van der Waals surface area contributed by atoms with Crippen molar-refractivity contribution in [1.29, 1.82) is 0 Å². The lowest BCUT2D eigenvalue weighted by Crippen LogP contribution is -2.20. The van der Waals surface area contributed by atoms with Crippen LogP contribution in [0.2, 0.25) is 0 Å². The number of carbonyl (C=O) groups excluding carboxylic acids is 1. The van der Waals surface area contributed by atoms with Crippen molar-refractivity contribution >= 4 is 11.7 Å². The maximum atomic E-state index is 13.3. The molecule has 0 N–H and O–H groups in total. The molecule has 0 unspecified atom stereocenters. The molecule has 0 aliphatic rings. The van der Waals surface area contributed by atoms with E-state index in [9.17, 15) is 19.3 Å². The number of esters is 1. The Kier molecular flexibility index (Phi) is 6.05. The summed E-state index contributed by atoms with van der Waals surface area (Å²) in [7, 11) is 3.13. The van der Waals surface area contributed by atoms with Crippen molar-refractivity contribution in [2.75, 3.05) is 20.7 Å². The Morgan fingerprint density at radius 2 is 2.15 bits per heavy atom. The minimum atomic E-state index is -0.628. The minimum Gasteiger partial charge on any atom is -0.469 e. The van der Waals surface area contributed by atoms with Gasteiger partial charge in [0.1, 0.15) is 5.82 Å². The monoisotopic (exact) mass is 284 g/mol. The van der Waals surface area contributed by atoms with Crippen molar-refractivity contribution in [3.05, 3.63) is 39.7 Å². The quantitative estimate of drug-likeness (QED) is 0.435. The first kappa shape index (κ1) is 16.0. The Morgan fingerprint density at radius 1 is 1.45 bits per heavy atom. The van der Waals surface area contributed by atoms with Gasteiger partial charge in [0, 0.05) is 19.0 Å². The fourth-order valence-electron chi connectivity index (χ4n) is 1.82. The Labute approximate surface area is 116 Å². The second kappa shape index (κ2) is 7.54. The first-order valence-electron chi connectivity index (χ1n) is 6.11. The third kappa shape index (κ3) is 5.31. The average Bonchev–Trinajstić information content (AvgIpc) is 2.37. The number of hydrogen-bond donors (Lipinski definition) is 0. The Hall–Kier alpha value is -2.02. The van der Waals surface area contributed by atoms with Crippen molar-refractivity contribution in [2.45, 2.75) is 19.4 Å². The largest absolute Gasteiger partial charge is 0.469 e. The third-order valence-corrected chi connectivity index (χ3v) is 2.75. The van der Waals surface area contributed by atoms with Crippen LogP contribution in [0.25, 0.3) is 0 Å². The predicted octanol–water partition coefficient (Wildman–Crippen LogP) is 2.12. The molecule has 1 aromatic rings. The van der Waals surface area contributed by atoms with E-state index in [-0.39, 0.29) is 11.7 Å². The molecule has 0 spiro atoms. The lowest BCUT2D eigenvalue weighted by Gasteiger charge is -2.16. The highest BCUT2D eigenvalue weighted by molar-refractivity contribution is 5.69. The SMILES string of the molecule is COC(=O)CCCN(C)Cc1cc(F)cc([N+](=O)[O-])c1. The molecule has 0 saturated carbocycles. The van der Waals surface area contributed by atoms with Gasteiger partial charge in [-0.25, -0.2) is 4.39 Å². The topological polar surface area (TPSA) is 72.7 Å². The summed E-state index contributed by atoms with van der Waals surface area (Å²) >= 11 is 0. The van der Waals surface area contributed by atoms with Gasteiger partial charge in [-0.15, -0.1) is 0 Å². The highest BCUT2D eigenvalue weighted by Gasteiger charge is 2.11. The molecule has 0 amide bonds. The van der Waals surface area contributed by atoms with E-state index < -0.39 is 10.7 Å². The fraction of sp³-hybridized carbons (Fsp3) is 0.462. The zero-order chi connectivity index (χ0) is 15.1. The summed E-state index contributed by atoms with van der Waals surface area (Å²) < 4.78 is 17.8. The van der Waals surface area contributed by atoms with Crippen molar-refractivity contribution in [2.24, 2.45) is 0 Å². The number of carbonyl (C=O) groups is 1. The van der Waals surface area contributed by atoms with E-state index >= 15 is 0 Å². The number of halogens is 1. The summed E-state index contributed by atoms with van der Waals surface area (Å²) in [6.45, 7) is 0.985. The molecule has 0 bridgehead atoms. The summed E-state index contributed by atoms with van der Waals surface area (Å²) in [6.07, 6.45) is 0.921. The number of benzene rings is 1. The van der Waals surface area contributed by atoms with Crippen molar-refractivity contribution in [3.8, 4) is 0 Å². The molecular weight excluding hydrogens is 267 g/mol. The number of non-ortho nitro benzene ring substituents is 1. The second-order valence-electron chi connectivity index (χ2n) is 4.49. The first-order chi connectivity index (χ1) is 9.42. The summed E-state index contributed by atoms with van der Waals surface area (Å²) in [4.78, 5) is 22.8. The maximum Gasteiger partial charge on any atom is 0.305 e. The van der Waals surface area contributed by atoms with Crippen LogP contribution >= 0.6 is 0 Å². The fourth-order valence-corrected chi connectivity index (χ4v) is 1.82. The molecule has 0 aromatic heterocycles. The van der Waals surface area contributed by atoms with E-state index in [0.717, 1.165) is 6.07 Å². The van der Waals surface area contributed by atoms with E-state index in [1.54, 1.807) is 7.05 Å². The third-order valence-electron chi connectivity index (χ3n) is 2.75. The van der Waals surface area contributed by atoms with Crippen LogP contribution in [0.4, 0.5) is 10.1 Å². The van der Waals surface area contributed by atoms with Gasteiger partial charge in [0.05, 0.1) is 18.1 Å². The van der Waals surface area contributed by atoms with Crippen LogP contribution in [0, 0.1) is 15.9 Å². The number of hydrogen-bond acceptors (Lipinski definition) is 5. The number of nitrogens with zero attached hydrogens (tertiary/aromatic N) is 2. The molecule has 0 radical (unpaired) electrons. The Morgan fingerprint density at radius 3 is 2.75 bits per heavy atom. The van der Waals surface area contributed by atoms with Crippen LogP contribution in [0.3, 0.4) is 0 Å². The highest BCUT2D eigenvalue weighted by atomic mass is 19.1. The minimum absolute atomic E-state index is 0.261. The van der Waals surface area contributed by atoms with E-state index in [0.29, 0.717) is 31.5 Å². The van der Waals surface area contributed by atoms with Crippen LogP contribution in [0.5, 0.6) is 0 Å². The molecule has 20 heavy (non-hydrogen) atoms. The number of ether oxygens (including phenoxy) is 1. The summed E-state index contributed by atoms with van der Waals surface area (Å²) in [6, 6.07) is 3.50. The van der Waals surface area contributed by atoms with Gasteiger partial charge in [0.2, 0.25) is 0 Å². The second-order valence-corrected chi connectivity index (χ2v) is 4.49. The lowest BCUT2D eigenvalue weighted by atomic mass is 10.2. The van der Waals surface area contributed by atoms with E-state index in [4.69, 9.17) is 0 Å². The van der Waals surface area contributed by atoms with Crippen molar-refractivity contribution in [1.82, 2.24) is 4.90 Å². The molecule has 1 rings (SSSR count). The van der Waals surface area contributed by atoms with E-state index in [2.05, 4.69) is 4.74 Å². The number of rotatable bonds is 7. The highest BCUT2D eigenvalue weighted by Crippen LogP contribution is 2.17. The van der Waals surface area contributed by atoms with Crippen molar-refractivity contribution < 1.29 is 18.8 Å². The smallest absolute Gasteiger partial charge is 0.305 e. The van der Waals surface area contributed by atoms with Gasteiger partial charge in [-0.3, -0.25) is 14.9 Å². The zero-order valence-electron chi connectivity index (χ0n) is 11.5. The normalized spacial score (nSPS) is 10.6. The van der Waals surface area contributed by atoms with Gasteiger partial charge >= 0.3 is 5.97 Å². The number of methoxy groups -OCH3 is 1. The molecule has 0 aliphatic heterocycles. The Balaban J connectivity index is 2.55. The molecule has 0 heterocycles. The molecule has 110 valence electrons. The van der Waals surface area contributed by atoms with Gasteiger partial charge in [0.15, 0.2) is 0 Å². The molecular formula is C13H17FN2O4. The molecule has 0 fully saturated rings. The zero-order valence-corrected chi connectivity index (χ0v) is 11.5. The van der Waals surface area contributed by atoms with E-state index in [1.165, 1.54) is 19.2 Å². The van der Waals surface area contributed by atoms with E-state index in [1.807, 2.05) is 4.90 Å². The van der Waals surface area contributed by atoms with Gasteiger partial charge in [0.25, 0.3) is 5.69 Å². The lowest BCUT2D eigenvalue weighted by molar-refractivity contribution is -0.385. The van der Waals surface area contributed by atoms with Crippen molar-refractivity contribution in [3.63, 3.8) is 0 Å². The molecule has 1 aromatic carbocycles. The molecule has 6 nitrogen and oxygen atoms in total. The standard InChI is InChI=1S/C13H17FN2O4/c1-15(5-3-4-13(17)20-2)9-10-6-11(14)8-12(7-10)16(18)19/h6-8H,3-5,9H2,1-2H3. The van der Waals surface area contributed by atoms with Crippen LogP contribution in [0.1, 0.15) is 18.4 Å². The molecule has 7 heteroatoms. The maximum absolute atomic E-state index is 13.3. The van der Waals surface area contributed by atoms with Crippen LogP contribution in [0.15, 0.2) is 18.2 Å². The van der Waals surface area contributed by atoms with Gasteiger partial charge in [-0.2, -0.15) is 0 Å². The number of nitro groups is 1. The van der Waals surface area contributed by atoms with Crippen LogP contribution in [-0.2, 0) is 16.1 Å². The molecule has 0 atom stereocenters. The summed E-state index contributed by atoms with van der Waals surface area (Å²) in [5, 5.41) is 10.6. The summed E-state index contributed by atoms with van der Waals surface area (Å²) in [5.41, 5.74) is 0.264. The summed E-state index contributed by atoms with van der Waals surface area (Å²) in [5.74, 6) is -0.906. The molecule has 0 aliphatic carbocycles. The van der Waals surface area contributed by atoms with Gasteiger partial charge < -0.3 is 9.64 Å². The van der Waals surface area contributed by atoms with Gasteiger partial charge in [-0.1, -0.05) is 0 Å². The Bertz CT molecular complexity index is 493. The van der Waals surface area contributed by atoms with Crippen LogP contribution in [-0.4, -0.2) is 36.5 Å². The number of nitro benzene ring substituents is 1.